The number of imidazole rings is 1. The van der Waals surface area contributed by atoms with Gasteiger partial charge in [0, 0.05) is 11.8 Å². The van der Waals surface area contributed by atoms with Crippen molar-refractivity contribution in [1.29, 1.82) is 0 Å². The fourth-order valence-corrected chi connectivity index (χ4v) is 4.08. The maximum atomic E-state index is 13.9. The number of rotatable bonds is 4. The summed E-state index contributed by atoms with van der Waals surface area (Å²) in [6.07, 6.45) is -1.90. The number of phenolic OH excluding ortho intramolecular Hbond substituents is 1. The molecule has 0 fully saturated rings. The number of nitrogens with zero attached hydrogens (tertiary/aromatic N) is 2. The van der Waals surface area contributed by atoms with E-state index < -0.39 is 23.1 Å². The first kappa shape index (κ1) is 21.6. The van der Waals surface area contributed by atoms with Crippen molar-refractivity contribution >= 4 is 22.4 Å². The zero-order valence-corrected chi connectivity index (χ0v) is 17.3. The van der Waals surface area contributed by atoms with E-state index in [4.69, 9.17) is 9.47 Å². The lowest BCUT2D eigenvalue weighted by Crippen LogP contribution is -2.22. The van der Waals surface area contributed by atoms with Crippen molar-refractivity contribution in [3.8, 4) is 28.5 Å². The van der Waals surface area contributed by atoms with Crippen molar-refractivity contribution in [2.45, 2.75) is 6.18 Å². The van der Waals surface area contributed by atoms with Crippen LogP contribution in [0.5, 0.6) is 17.2 Å². The SMILES string of the molecule is COc1cc(C=c2sc3nc(-c4ccc(C(F)(F)F)c(F)c4)cn3c2=O)cc(OC)c1O. The molecule has 0 bridgehead atoms. The minimum atomic E-state index is -4.80. The van der Waals surface area contributed by atoms with Crippen LogP contribution in [0.15, 0.2) is 41.3 Å². The molecule has 0 aliphatic heterocycles. The smallest absolute Gasteiger partial charge is 0.419 e. The molecular weight excluding hydrogens is 452 g/mol. The number of halogens is 4. The van der Waals surface area contributed by atoms with E-state index in [1.165, 1.54) is 36.9 Å². The lowest BCUT2D eigenvalue weighted by Gasteiger charge is -2.09. The standard InChI is InChI=1S/C21H14F4N2O4S/c1-30-15-5-10(6-16(31-2)18(15)28)7-17-19(29)27-9-14(26-20(27)32-17)11-3-4-12(13(22)8-11)21(23,24)25/h3-9,28H,1-2H3. The van der Waals surface area contributed by atoms with Gasteiger partial charge in [-0.3, -0.25) is 9.20 Å². The largest absolute Gasteiger partial charge is 0.502 e. The average Bonchev–Trinajstić information content (AvgIpc) is 3.27. The Labute approximate surface area is 181 Å². The van der Waals surface area contributed by atoms with Gasteiger partial charge in [0.15, 0.2) is 16.5 Å². The van der Waals surface area contributed by atoms with Crippen LogP contribution in [0.4, 0.5) is 17.6 Å². The van der Waals surface area contributed by atoms with Crippen LogP contribution in [0.2, 0.25) is 0 Å². The Morgan fingerprint density at radius 3 is 2.31 bits per heavy atom. The molecule has 2 aromatic carbocycles. The van der Waals surface area contributed by atoms with E-state index in [2.05, 4.69) is 4.98 Å². The molecule has 166 valence electrons. The predicted molar refractivity (Wildman–Crippen MR) is 110 cm³/mol. The number of benzene rings is 2. The molecule has 0 unspecified atom stereocenters. The van der Waals surface area contributed by atoms with Gasteiger partial charge in [-0.05, 0) is 35.9 Å². The molecule has 0 radical (unpaired) electrons. The number of ether oxygens (including phenoxy) is 2. The van der Waals surface area contributed by atoms with Crippen LogP contribution in [0.1, 0.15) is 11.1 Å². The van der Waals surface area contributed by atoms with Crippen LogP contribution in [0.25, 0.3) is 22.3 Å². The Morgan fingerprint density at radius 1 is 1.12 bits per heavy atom. The zero-order chi connectivity index (χ0) is 23.2. The second kappa shape index (κ2) is 7.83. The Balaban J connectivity index is 1.76. The highest BCUT2D eigenvalue weighted by Crippen LogP contribution is 2.37. The van der Waals surface area contributed by atoms with Gasteiger partial charge in [-0.1, -0.05) is 17.4 Å². The molecule has 0 amide bonds. The minimum Gasteiger partial charge on any atom is -0.502 e. The van der Waals surface area contributed by atoms with E-state index in [1.807, 2.05) is 0 Å². The van der Waals surface area contributed by atoms with Crippen molar-refractivity contribution in [2.75, 3.05) is 14.2 Å². The maximum absolute atomic E-state index is 13.9. The molecule has 2 aromatic heterocycles. The normalized spacial score (nSPS) is 12.5. The Morgan fingerprint density at radius 2 is 1.78 bits per heavy atom. The summed E-state index contributed by atoms with van der Waals surface area (Å²) in [5.41, 5.74) is -0.974. The number of alkyl halides is 3. The Kier molecular flexibility index (Phi) is 5.29. The molecule has 1 N–H and O–H groups in total. The predicted octanol–water partition coefficient (Wildman–Crippen LogP) is 3.85. The van der Waals surface area contributed by atoms with Gasteiger partial charge < -0.3 is 14.6 Å². The van der Waals surface area contributed by atoms with Gasteiger partial charge in [-0.2, -0.15) is 13.2 Å². The third-order valence-electron chi connectivity index (χ3n) is 4.67. The molecule has 0 saturated carbocycles. The van der Waals surface area contributed by atoms with Crippen LogP contribution in [0, 0.1) is 5.82 Å². The number of fused-ring (bicyclic) bond motifs is 1. The molecule has 2 heterocycles. The van der Waals surface area contributed by atoms with Gasteiger partial charge in [0.25, 0.3) is 5.56 Å². The monoisotopic (exact) mass is 466 g/mol. The minimum absolute atomic E-state index is 0.115. The number of phenols is 1. The molecule has 32 heavy (non-hydrogen) atoms. The third-order valence-corrected chi connectivity index (χ3v) is 5.66. The van der Waals surface area contributed by atoms with Crippen molar-refractivity contribution in [2.24, 2.45) is 0 Å². The second-order valence-corrected chi connectivity index (χ2v) is 7.67. The van der Waals surface area contributed by atoms with Gasteiger partial charge >= 0.3 is 6.18 Å². The number of hydrogen-bond acceptors (Lipinski definition) is 6. The molecule has 4 aromatic rings. The van der Waals surface area contributed by atoms with E-state index >= 15 is 0 Å². The number of aromatic hydroxyl groups is 1. The summed E-state index contributed by atoms with van der Waals surface area (Å²) in [6, 6.07) is 5.53. The zero-order valence-electron chi connectivity index (χ0n) is 16.5. The first-order valence-electron chi connectivity index (χ1n) is 8.98. The summed E-state index contributed by atoms with van der Waals surface area (Å²) in [5, 5.41) is 10.0. The Hall–Kier alpha value is -3.60. The highest BCUT2D eigenvalue weighted by molar-refractivity contribution is 7.15. The fraction of sp³-hybridized carbons (Fsp3) is 0.143. The van der Waals surface area contributed by atoms with Crippen molar-refractivity contribution in [3.63, 3.8) is 0 Å². The van der Waals surface area contributed by atoms with Crippen LogP contribution < -0.4 is 19.6 Å². The highest BCUT2D eigenvalue weighted by Gasteiger charge is 2.34. The number of methoxy groups -OCH3 is 2. The lowest BCUT2D eigenvalue weighted by molar-refractivity contribution is -0.139. The van der Waals surface area contributed by atoms with E-state index in [9.17, 15) is 27.5 Å². The first-order chi connectivity index (χ1) is 15.1. The van der Waals surface area contributed by atoms with Crippen LogP contribution in [-0.2, 0) is 6.18 Å². The number of hydrogen-bond donors (Lipinski definition) is 1. The number of aromatic nitrogens is 2. The summed E-state index contributed by atoms with van der Waals surface area (Å²) in [7, 11) is 2.75. The molecule has 6 nitrogen and oxygen atoms in total. The average molecular weight is 466 g/mol. The lowest BCUT2D eigenvalue weighted by atomic mass is 10.1. The molecule has 0 aliphatic rings. The van der Waals surface area contributed by atoms with E-state index in [0.29, 0.717) is 16.2 Å². The van der Waals surface area contributed by atoms with Crippen molar-refractivity contribution < 1.29 is 32.1 Å². The first-order valence-corrected chi connectivity index (χ1v) is 9.79. The molecule has 0 aliphatic carbocycles. The summed E-state index contributed by atoms with van der Waals surface area (Å²) in [5.74, 6) is -1.27. The molecule has 0 spiro atoms. The summed E-state index contributed by atoms with van der Waals surface area (Å²) < 4.78 is 63.9. The summed E-state index contributed by atoms with van der Waals surface area (Å²) in [6.45, 7) is 0. The summed E-state index contributed by atoms with van der Waals surface area (Å²) >= 11 is 1.04. The topological polar surface area (TPSA) is 73.1 Å². The number of thiazole rings is 1. The molecular formula is C21H14F4N2O4S. The van der Waals surface area contributed by atoms with Crippen LogP contribution >= 0.6 is 11.3 Å². The molecule has 0 saturated heterocycles. The molecule has 4 rings (SSSR count). The Bertz CT molecular complexity index is 1420. The summed E-state index contributed by atoms with van der Waals surface area (Å²) in [4.78, 5) is 17.3. The van der Waals surface area contributed by atoms with Crippen LogP contribution in [-0.4, -0.2) is 28.7 Å². The highest BCUT2D eigenvalue weighted by atomic mass is 32.1. The van der Waals surface area contributed by atoms with Crippen LogP contribution in [0.3, 0.4) is 0 Å². The van der Waals surface area contributed by atoms with Crippen molar-refractivity contribution in [3.05, 3.63) is 68.4 Å². The molecule has 11 heteroatoms. The van der Waals surface area contributed by atoms with Gasteiger partial charge in [0.1, 0.15) is 5.82 Å². The van der Waals surface area contributed by atoms with E-state index in [-0.39, 0.29) is 33.5 Å². The quantitative estimate of drug-likeness (QED) is 0.463. The second-order valence-electron chi connectivity index (χ2n) is 6.66. The van der Waals surface area contributed by atoms with E-state index in [0.717, 1.165) is 23.5 Å². The third kappa shape index (κ3) is 3.75. The fourth-order valence-electron chi connectivity index (χ4n) is 3.12. The maximum Gasteiger partial charge on any atom is 0.419 e. The van der Waals surface area contributed by atoms with Gasteiger partial charge in [0.2, 0.25) is 5.75 Å². The van der Waals surface area contributed by atoms with E-state index in [1.54, 1.807) is 6.08 Å². The van der Waals surface area contributed by atoms with Gasteiger partial charge in [-0.15, -0.1) is 0 Å². The van der Waals surface area contributed by atoms with Gasteiger partial charge in [-0.25, -0.2) is 9.37 Å². The van der Waals surface area contributed by atoms with Crippen molar-refractivity contribution in [1.82, 2.24) is 9.38 Å². The van der Waals surface area contributed by atoms with Gasteiger partial charge in [0.05, 0.1) is 30.0 Å². The molecule has 0 atom stereocenters.